The fourth-order valence-electron chi connectivity index (χ4n) is 3.39. The maximum atomic E-state index is 13.2. The summed E-state index contributed by atoms with van der Waals surface area (Å²) in [5, 5.41) is 15.8. The number of benzene rings is 2. The van der Waals surface area contributed by atoms with Crippen LogP contribution in [0.4, 0.5) is 0 Å². The summed E-state index contributed by atoms with van der Waals surface area (Å²) in [5.41, 5.74) is 6.26. The van der Waals surface area contributed by atoms with Crippen molar-refractivity contribution in [1.29, 1.82) is 0 Å². The minimum absolute atomic E-state index is 0.285. The summed E-state index contributed by atoms with van der Waals surface area (Å²) in [7, 11) is 0.717. The van der Waals surface area contributed by atoms with Gasteiger partial charge >= 0.3 is 7.05 Å². The molecule has 156 valence electrons. The van der Waals surface area contributed by atoms with E-state index in [4.69, 9.17) is 0 Å². The molecule has 7 nitrogen and oxygen atoms in total. The van der Waals surface area contributed by atoms with Crippen LogP contribution in [0.1, 0.15) is 58.2 Å². The van der Waals surface area contributed by atoms with Gasteiger partial charge < -0.3 is 9.94 Å². The molecule has 0 aromatic heterocycles. The van der Waals surface area contributed by atoms with Crippen molar-refractivity contribution in [3.63, 3.8) is 0 Å². The predicted octanol–water partition coefficient (Wildman–Crippen LogP) is 1.86. The highest BCUT2D eigenvalue weighted by atomic mass is 16.2. The Morgan fingerprint density at radius 1 is 1.07 bits per heavy atom. The van der Waals surface area contributed by atoms with Gasteiger partial charge in [0.25, 0.3) is 11.8 Å². The highest BCUT2D eigenvalue weighted by Crippen LogP contribution is 2.18. The topological polar surface area (TPSA) is 85.2 Å². The molecule has 3 rings (SSSR count). The Kier molecular flexibility index (Phi) is 5.72. The molecule has 8 heteroatoms. The number of hydrazine groups is 1. The number of carbonyl (C=O) groups excluding carboxylic acids is 2. The minimum atomic E-state index is -0.937. The summed E-state index contributed by atoms with van der Waals surface area (Å²) in [6, 6.07) is 10.6. The Bertz CT molecular complexity index is 1010. The van der Waals surface area contributed by atoms with Gasteiger partial charge in [-0.3, -0.25) is 15.0 Å². The smallest absolute Gasteiger partial charge is 0.428 e. The lowest BCUT2D eigenvalue weighted by Gasteiger charge is -2.35. The number of fused-ring (bicyclic) bond motifs is 1. The molecule has 30 heavy (non-hydrogen) atoms. The van der Waals surface area contributed by atoms with Gasteiger partial charge in [-0.15, -0.1) is 0 Å². The SMILES string of the molecule is Cc1cc(C)cc(C(=O)N(NC(=O)c2ccc3c(c2)B(O)N(C)N=C3)C(C)(C)C)c1. The number of rotatable bonds is 2. The first-order valence-corrected chi connectivity index (χ1v) is 9.80. The second-order valence-corrected chi connectivity index (χ2v) is 8.66. The van der Waals surface area contributed by atoms with E-state index in [0.29, 0.717) is 16.6 Å². The second-order valence-electron chi connectivity index (χ2n) is 8.66. The van der Waals surface area contributed by atoms with Crippen LogP contribution in [0.2, 0.25) is 0 Å². The van der Waals surface area contributed by atoms with Gasteiger partial charge in [-0.1, -0.05) is 23.3 Å². The van der Waals surface area contributed by atoms with E-state index in [9.17, 15) is 14.6 Å². The van der Waals surface area contributed by atoms with Crippen LogP contribution >= 0.6 is 0 Å². The van der Waals surface area contributed by atoms with E-state index < -0.39 is 18.5 Å². The molecule has 1 heterocycles. The van der Waals surface area contributed by atoms with Crippen molar-refractivity contribution in [3.8, 4) is 0 Å². The Hall–Kier alpha value is -3.13. The number of hydrazone groups is 1. The third-order valence-corrected chi connectivity index (χ3v) is 4.92. The molecule has 0 fully saturated rings. The number of carbonyl (C=O) groups is 2. The molecule has 1 aliphatic rings. The van der Waals surface area contributed by atoms with Gasteiger partial charge in [0.15, 0.2) is 0 Å². The highest BCUT2D eigenvalue weighted by Gasteiger charge is 2.31. The van der Waals surface area contributed by atoms with Crippen molar-refractivity contribution in [2.45, 2.75) is 40.2 Å². The van der Waals surface area contributed by atoms with Gasteiger partial charge in [0.1, 0.15) is 0 Å². The normalized spacial score (nSPS) is 13.2. The fourth-order valence-corrected chi connectivity index (χ4v) is 3.39. The molecule has 0 spiro atoms. The van der Waals surface area contributed by atoms with E-state index >= 15 is 0 Å². The summed E-state index contributed by atoms with van der Waals surface area (Å²) in [6.45, 7) is 9.44. The largest absolute Gasteiger partial charge is 0.466 e. The number of aryl methyl sites for hydroxylation is 2. The van der Waals surface area contributed by atoms with Crippen molar-refractivity contribution >= 4 is 30.5 Å². The zero-order valence-corrected chi connectivity index (χ0v) is 18.2. The number of nitrogens with one attached hydrogen (secondary N) is 1. The fraction of sp³-hybridized carbons (Fsp3) is 0.318. The second kappa shape index (κ2) is 7.95. The number of hydrogen-bond acceptors (Lipinski definition) is 5. The van der Waals surface area contributed by atoms with Crippen molar-refractivity contribution in [1.82, 2.24) is 15.4 Å². The molecule has 0 atom stereocenters. The first kappa shape index (κ1) is 21.6. The summed E-state index contributed by atoms with van der Waals surface area (Å²) in [4.78, 5) is 27.7. The van der Waals surface area contributed by atoms with E-state index in [2.05, 4.69) is 10.5 Å². The average molecular weight is 406 g/mol. The molecule has 0 radical (unpaired) electrons. The molecule has 0 bridgehead atoms. The van der Waals surface area contributed by atoms with Crippen LogP contribution in [0, 0.1) is 13.8 Å². The number of nitrogens with zero attached hydrogens (tertiary/aromatic N) is 3. The van der Waals surface area contributed by atoms with Gasteiger partial charge in [0.05, 0.1) is 11.8 Å². The molecule has 0 saturated carbocycles. The number of hydrogen-bond donors (Lipinski definition) is 2. The monoisotopic (exact) mass is 406 g/mol. The molecule has 2 aromatic carbocycles. The quantitative estimate of drug-likeness (QED) is 0.589. The Morgan fingerprint density at radius 3 is 2.30 bits per heavy atom. The van der Waals surface area contributed by atoms with Crippen LogP contribution in [-0.2, 0) is 0 Å². The maximum Gasteiger partial charge on any atom is 0.466 e. The predicted molar refractivity (Wildman–Crippen MR) is 119 cm³/mol. The lowest BCUT2D eigenvalue weighted by atomic mass is 9.69. The Labute approximate surface area is 177 Å². The molecular formula is C22H27BN4O3. The van der Waals surface area contributed by atoms with Crippen LogP contribution in [0.3, 0.4) is 0 Å². The summed E-state index contributed by atoms with van der Waals surface area (Å²) < 4.78 is 0. The lowest BCUT2D eigenvalue weighted by molar-refractivity contribution is 0.0358. The van der Waals surface area contributed by atoms with Gasteiger partial charge in [-0.25, -0.2) is 5.01 Å². The summed E-state index contributed by atoms with van der Waals surface area (Å²) >= 11 is 0. The zero-order chi connectivity index (χ0) is 22.2. The Morgan fingerprint density at radius 2 is 1.70 bits per heavy atom. The van der Waals surface area contributed by atoms with E-state index in [0.717, 1.165) is 16.7 Å². The molecule has 1 aliphatic heterocycles. The maximum absolute atomic E-state index is 13.2. The lowest BCUT2D eigenvalue weighted by Crippen LogP contribution is -2.56. The zero-order valence-electron chi connectivity index (χ0n) is 18.2. The third kappa shape index (κ3) is 4.38. The van der Waals surface area contributed by atoms with E-state index in [1.54, 1.807) is 31.5 Å². The minimum Gasteiger partial charge on any atom is -0.428 e. The molecule has 0 unspecified atom stereocenters. The van der Waals surface area contributed by atoms with E-state index in [1.807, 2.05) is 52.8 Å². The van der Waals surface area contributed by atoms with Crippen molar-refractivity contribution in [2.75, 3.05) is 7.05 Å². The van der Waals surface area contributed by atoms with Crippen molar-refractivity contribution in [3.05, 3.63) is 64.2 Å². The third-order valence-electron chi connectivity index (χ3n) is 4.92. The van der Waals surface area contributed by atoms with Gasteiger partial charge in [-0.2, -0.15) is 5.10 Å². The first-order valence-electron chi connectivity index (χ1n) is 9.80. The van der Waals surface area contributed by atoms with Crippen LogP contribution in [0.15, 0.2) is 41.5 Å². The number of amides is 2. The van der Waals surface area contributed by atoms with Crippen molar-refractivity contribution in [2.24, 2.45) is 5.10 Å². The van der Waals surface area contributed by atoms with Gasteiger partial charge in [0.2, 0.25) is 0 Å². The van der Waals surface area contributed by atoms with Gasteiger partial charge in [0, 0.05) is 18.2 Å². The average Bonchev–Trinajstić information content (AvgIpc) is 2.66. The highest BCUT2D eigenvalue weighted by molar-refractivity contribution is 6.65. The first-order chi connectivity index (χ1) is 14.0. The molecule has 0 aliphatic carbocycles. The Balaban J connectivity index is 1.90. The van der Waals surface area contributed by atoms with Crippen LogP contribution in [-0.4, -0.2) is 52.6 Å². The standard InChI is InChI=1S/C22H27BN4O3/c1-14-9-15(2)11-18(10-14)21(29)27(22(3,4)5)25-20(28)16-7-8-17-13-24-26(6)23(30)19(17)12-16/h7-13,30H,1-6H3,(H,25,28). The molecular weight excluding hydrogens is 379 g/mol. The van der Waals surface area contributed by atoms with E-state index in [-0.39, 0.29) is 5.91 Å². The van der Waals surface area contributed by atoms with Crippen LogP contribution < -0.4 is 10.9 Å². The molecule has 2 amide bonds. The van der Waals surface area contributed by atoms with Crippen LogP contribution in [0.5, 0.6) is 0 Å². The summed E-state index contributed by atoms with van der Waals surface area (Å²) in [6.07, 6.45) is 1.63. The van der Waals surface area contributed by atoms with E-state index in [1.165, 1.54) is 9.93 Å². The summed E-state index contributed by atoms with van der Waals surface area (Å²) in [5.74, 6) is -0.713. The molecule has 0 saturated heterocycles. The molecule has 2 N–H and O–H groups in total. The van der Waals surface area contributed by atoms with Crippen molar-refractivity contribution < 1.29 is 14.6 Å². The van der Waals surface area contributed by atoms with Gasteiger partial charge in [-0.05, 0) is 69.9 Å². The van der Waals surface area contributed by atoms with Crippen LogP contribution in [0.25, 0.3) is 0 Å². The molecule has 2 aromatic rings.